The third kappa shape index (κ3) is 3.45. The van der Waals surface area contributed by atoms with Crippen molar-refractivity contribution in [2.75, 3.05) is 7.11 Å². The first kappa shape index (κ1) is 14.7. The molecule has 0 unspecified atom stereocenters. The van der Waals surface area contributed by atoms with Crippen LogP contribution in [0.5, 0.6) is 17.8 Å². The number of aromatic nitrogens is 3. The van der Waals surface area contributed by atoms with Crippen LogP contribution in [0.2, 0.25) is 5.28 Å². The highest BCUT2D eigenvalue weighted by atomic mass is 127. The molecule has 0 spiro atoms. The first-order chi connectivity index (χ1) is 9.49. The topological polar surface area (TPSA) is 94.4 Å². The first-order valence-electron chi connectivity index (χ1n) is 5.16. The molecule has 0 radical (unpaired) electrons. The molecular formula is C11H7ClIN3O4. The lowest BCUT2D eigenvalue weighted by Crippen LogP contribution is -2.03. The van der Waals surface area contributed by atoms with Crippen molar-refractivity contribution < 1.29 is 19.4 Å². The molecule has 20 heavy (non-hydrogen) atoms. The summed E-state index contributed by atoms with van der Waals surface area (Å²) < 4.78 is 10.9. The van der Waals surface area contributed by atoms with Crippen LogP contribution in [-0.2, 0) is 0 Å². The van der Waals surface area contributed by atoms with E-state index in [1.54, 1.807) is 6.07 Å². The molecule has 1 aromatic carbocycles. The second-order valence-electron chi connectivity index (χ2n) is 3.42. The van der Waals surface area contributed by atoms with Gasteiger partial charge >= 0.3 is 18.0 Å². The van der Waals surface area contributed by atoms with Gasteiger partial charge in [-0.25, -0.2) is 4.79 Å². The Kier molecular flexibility index (Phi) is 4.55. The molecule has 0 aliphatic rings. The molecular weight excluding hydrogens is 400 g/mol. The predicted octanol–water partition coefficient (Wildman–Crippen LogP) is 2.63. The highest BCUT2D eigenvalue weighted by Crippen LogP contribution is 2.26. The van der Waals surface area contributed by atoms with Gasteiger partial charge in [0.05, 0.1) is 7.11 Å². The lowest BCUT2D eigenvalue weighted by molar-refractivity contribution is 0.0694. The van der Waals surface area contributed by atoms with Crippen LogP contribution in [-0.4, -0.2) is 33.1 Å². The van der Waals surface area contributed by atoms with Crippen molar-refractivity contribution in [2.45, 2.75) is 0 Å². The van der Waals surface area contributed by atoms with Crippen molar-refractivity contribution in [2.24, 2.45) is 0 Å². The van der Waals surface area contributed by atoms with Crippen LogP contribution in [0.15, 0.2) is 18.2 Å². The minimum absolute atomic E-state index is 0.00704. The minimum Gasteiger partial charge on any atom is -0.478 e. The molecule has 0 saturated carbocycles. The summed E-state index contributed by atoms with van der Waals surface area (Å²) in [4.78, 5) is 22.4. The van der Waals surface area contributed by atoms with E-state index in [0.29, 0.717) is 0 Å². The fourth-order valence-corrected chi connectivity index (χ4v) is 1.94. The second kappa shape index (κ2) is 6.18. The van der Waals surface area contributed by atoms with E-state index in [9.17, 15) is 4.79 Å². The summed E-state index contributed by atoms with van der Waals surface area (Å²) in [5.74, 6) is -1.02. The SMILES string of the molecule is COc1nc(Cl)nc(Oc2ccc(I)cc2C(=O)O)n1. The van der Waals surface area contributed by atoms with Gasteiger partial charge in [0.2, 0.25) is 5.28 Å². The van der Waals surface area contributed by atoms with Crippen molar-refractivity contribution in [3.8, 4) is 17.8 Å². The number of hydrogen-bond acceptors (Lipinski definition) is 6. The number of rotatable bonds is 4. The van der Waals surface area contributed by atoms with Gasteiger partial charge in [-0.15, -0.1) is 4.98 Å². The fraction of sp³-hybridized carbons (Fsp3) is 0.0909. The standard InChI is InChI=1S/C11H7ClIN3O4/c1-19-10-14-9(12)15-11(16-10)20-7-3-2-5(13)4-6(7)8(17)18/h2-4H,1H3,(H,17,18). The minimum atomic E-state index is -1.12. The number of nitrogens with zero attached hydrogens (tertiary/aromatic N) is 3. The zero-order chi connectivity index (χ0) is 14.7. The molecule has 0 bridgehead atoms. The van der Waals surface area contributed by atoms with E-state index in [1.807, 2.05) is 22.6 Å². The van der Waals surface area contributed by atoms with E-state index < -0.39 is 5.97 Å². The van der Waals surface area contributed by atoms with Crippen molar-refractivity contribution in [3.63, 3.8) is 0 Å². The molecule has 0 aliphatic carbocycles. The monoisotopic (exact) mass is 407 g/mol. The van der Waals surface area contributed by atoms with Gasteiger partial charge in [0.15, 0.2) is 0 Å². The summed E-state index contributed by atoms with van der Waals surface area (Å²) in [6.45, 7) is 0. The van der Waals surface area contributed by atoms with Gasteiger partial charge in [-0.3, -0.25) is 0 Å². The quantitative estimate of drug-likeness (QED) is 0.779. The van der Waals surface area contributed by atoms with Gasteiger partial charge in [0, 0.05) is 3.57 Å². The average molecular weight is 408 g/mol. The Morgan fingerprint density at radius 2 is 2.00 bits per heavy atom. The van der Waals surface area contributed by atoms with E-state index in [0.717, 1.165) is 3.57 Å². The van der Waals surface area contributed by atoms with Crippen LogP contribution in [0.3, 0.4) is 0 Å². The Morgan fingerprint density at radius 1 is 1.30 bits per heavy atom. The summed E-state index contributed by atoms with van der Waals surface area (Å²) in [5.41, 5.74) is -0.00704. The maximum atomic E-state index is 11.2. The highest BCUT2D eigenvalue weighted by Gasteiger charge is 2.15. The van der Waals surface area contributed by atoms with E-state index in [4.69, 9.17) is 26.2 Å². The number of carbonyl (C=O) groups is 1. The zero-order valence-electron chi connectivity index (χ0n) is 10.0. The van der Waals surface area contributed by atoms with E-state index in [2.05, 4.69) is 15.0 Å². The van der Waals surface area contributed by atoms with Gasteiger partial charge in [-0.2, -0.15) is 9.97 Å². The maximum absolute atomic E-state index is 11.2. The summed E-state index contributed by atoms with van der Waals surface area (Å²) in [5, 5.41) is 9.02. The van der Waals surface area contributed by atoms with E-state index >= 15 is 0 Å². The largest absolute Gasteiger partial charge is 0.478 e. The third-order valence-corrected chi connectivity index (χ3v) is 2.96. The molecule has 1 heterocycles. The van der Waals surface area contributed by atoms with Crippen molar-refractivity contribution in [1.82, 2.24) is 15.0 Å². The molecule has 1 N–H and O–H groups in total. The number of methoxy groups -OCH3 is 1. The second-order valence-corrected chi connectivity index (χ2v) is 5.01. The summed E-state index contributed by atoms with van der Waals surface area (Å²) in [6, 6.07) is 4.50. The Bertz CT molecular complexity index is 668. The van der Waals surface area contributed by atoms with Crippen LogP contribution < -0.4 is 9.47 Å². The number of halogens is 2. The zero-order valence-corrected chi connectivity index (χ0v) is 12.9. The average Bonchev–Trinajstić information content (AvgIpc) is 2.40. The molecule has 2 aromatic rings. The smallest absolute Gasteiger partial charge is 0.339 e. The van der Waals surface area contributed by atoms with Crippen LogP contribution >= 0.6 is 34.2 Å². The van der Waals surface area contributed by atoms with Crippen molar-refractivity contribution in [1.29, 1.82) is 0 Å². The Hall–Kier alpha value is -1.68. The molecule has 0 aliphatic heterocycles. The normalized spacial score (nSPS) is 10.2. The molecule has 2 rings (SSSR count). The van der Waals surface area contributed by atoms with Crippen molar-refractivity contribution >= 4 is 40.2 Å². The van der Waals surface area contributed by atoms with Gasteiger partial charge in [0.25, 0.3) is 0 Å². The number of aromatic carboxylic acids is 1. The molecule has 104 valence electrons. The maximum Gasteiger partial charge on any atom is 0.339 e. The number of carboxylic acid groups (broad SMARTS) is 1. The number of hydrogen-bond donors (Lipinski definition) is 1. The van der Waals surface area contributed by atoms with E-state index in [-0.39, 0.29) is 28.6 Å². The number of carboxylic acids is 1. The summed E-state index contributed by atoms with van der Waals surface area (Å²) in [6.07, 6.45) is 0. The summed E-state index contributed by atoms with van der Waals surface area (Å²) in [7, 11) is 1.36. The van der Waals surface area contributed by atoms with Crippen LogP contribution in [0, 0.1) is 3.57 Å². The number of ether oxygens (including phenoxy) is 2. The Balaban J connectivity index is 2.39. The molecule has 9 heteroatoms. The molecule has 0 amide bonds. The number of benzene rings is 1. The highest BCUT2D eigenvalue weighted by molar-refractivity contribution is 14.1. The van der Waals surface area contributed by atoms with Crippen LogP contribution in [0.25, 0.3) is 0 Å². The first-order valence-corrected chi connectivity index (χ1v) is 6.61. The molecule has 1 aromatic heterocycles. The Labute approximate surface area is 132 Å². The van der Waals surface area contributed by atoms with Gasteiger partial charge in [0.1, 0.15) is 11.3 Å². The van der Waals surface area contributed by atoms with Crippen molar-refractivity contribution in [3.05, 3.63) is 32.6 Å². The van der Waals surface area contributed by atoms with Gasteiger partial charge in [-0.1, -0.05) is 0 Å². The third-order valence-electron chi connectivity index (χ3n) is 2.12. The Morgan fingerprint density at radius 3 is 2.65 bits per heavy atom. The fourth-order valence-electron chi connectivity index (χ4n) is 1.31. The molecule has 0 fully saturated rings. The van der Waals surface area contributed by atoms with Gasteiger partial charge in [-0.05, 0) is 52.4 Å². The van der Waals surface area contributed by atoms with E-state index in [1.165, 1.54) is 19.2 Å². The molecule has 0 atom stereocenters. The van der Waals surface area contributed by atoms with Gasteiger partial charge < -0.3 is 14.6 Å². The lowest BCUT2D eigenvalue weighted by Gasteiger charge is -2.08. The van der Waals surface area contributed by atoms with Crippen LogP contribution in [0.4, 0.5) is 0 Å². The predicted molar refractivity (Wildman–Crippen MR) is 77.6 cm³/mol. The van der Waals surface area contributed by atoms with Crippen LogP contribution in [0.1, 0.15) is 10.4 Å². The lowest BCUT2D eigenvalue weighted by atomic mass is 10.2. The summed E-state index contributed by atoms with van der Waals surface area (Å²) >= 11 is 7.68. The molecule has 7 nitrogen and oxygen atoms in total. The molecule has 0 saturated heterocycles.